The van der Waals surface area contributed by atoms with E-state index in [-0.39, 0.29) is 18.2 Å². The predicted octanol–water partition coefficient (Wildman–Crippen LogP) is 3.39. The molecule has 4 nitrogen and oxygen atoms in total. The average Bonchev–Trinajstić information content (AvgIpc) is 3.25. The first kappa shape index (κ1) is 15.6. The summed E-state index contributed by atoms with van der Waals surface area (Å²) in [5.74, 6) is 2.47. The zero-order chi connectivity index (χ0) is 17.1. The summed E-state index contributed by atoms with van der Waals surface area (Å²) in [6.07, 6.45) is 2.45. The zero-order valence-electron chi connectivity index (χ0n) is 14.5. The minimum atomic E-state index is -0.538. The summed E-state index contributed by atoms with van der Waals surface area (Å²) in [7, 11) is 0. The molecule has 4 heteroatoms. The van der Waals surface area contributed by atoms with Gasteiger partial charge in [0.05, 0.1) is 11.1 Å². The SMILES string of the molecule is CC1=NN(CC(=O)c2ccccc2)C(=O)C1(C)[C@@H]1C[C@H]2CC2[C@@H]1C. The molecular formula is C20H24N2O2. The Morgan fingerprint density at radius 2 is 2.00 bits per heavy atom. The standard InChI is InChI=1S/C20H24N2O2/c1-12-16-9-15(16)10-17(12)20(3)13(2)21-22(19(20)24)11-18(23)14-7-5-4-6-8-14/h4-8,12,15-17H,9-11H2,1-3H3/t12-,15+,16?,17+,20?/m0/s1. The Bertz CT molecular complexity index is 726. The van der Waals surface area contributed by atoms with Gasteiger partial charge in [0.1, 0.15) is 6.54 Å². The maximum Gasteiger partial charge on any atom is 0.255 e. The Morgan fingerprint density at radius 3 is 2.62 bits per heavy atom. The highest BCUT2D eigenvalue weighted by Crippen LogP contribution is 2.62. The molecule has 2 saturated carbocycles. The fourth-order valence-electron chi connectivity index (χ4n) is 4.93. The fraction of sp³-hybridized carbons (Fsp3) is 0.550. The molecule has 1 aliphatic heterocycles. The Balaban J connectivity index is 1.53. The molecule has 1 aromatic rings. The number of nitrogens with zero attached hydrogens (tertiary/aromatic N) is 2. The first-order valence-corrected chi connectivity index (χ1v) is 8.88. The molecule has 0 spiro atoms. The Labute approximate surface area is 142 Å². The van der Waals surface area contributed by atoms with E-state index in [4.69, 9.17) is 0 Å². The van der Waals surface area contributed by atoms with Crippen molar-refractivity contribution in [2.75, 3.05) is 6.54 Å². The summed E-state index contributed by atoms with van der Waals surface area (Å²) in [6.45, 7) is 6.30. The molecule has 0 aromatic heterocycles. The van der Waals surface area contributed by atoms with Crippen LogP contribution in [0.15, 0.2) is 35.4 Å². The van der Waals surface area contributed by atoms with Crippen LogP contribution in [-0.2, 0) is 4.79 Å². The van der Waals surface area contributed by atoms with Gasteiger partial charge in [-0.25, -0.2) is 5.01 Å². The van der Waals surface area contributed by atoms with Crippen LogP contribution < -0.4 is 0 Å². The number of amides is 1. The molecule has 4 rings (SSSR count). The lowest BCUT2D eigenvalue weighted by Gasteiger charge is -2.34. The molecule has 126 valence electrons. The number of Topliss-reactive ketones (excluding diaryl/α,β-unsaturated/α-hetero) is 1. The van der Waals surface area contributed by atoms with Crippen LogP contribution in [0, 0.1) is 29.1 Å². The lowest BCUT2D eigenvalue weighted by atomic mass is 9.68. The van der Waals surface area contributed by atoms with Crippen LogP contribution in [-0.4, -0.2) is 29.0 Å². The molecule has 0 saturated heterocycles. The van der Waals surface area contributed by atoms with Crippen molar-refractivity contribution in [2.24, 2.45) is 34.2 Å². The normalized spacial score (nSPS) is 37.4. The van der Waals surface area contributed by atoms with Gasteiger partial charge in [-0.2, -0.15) is 5.10 Å². The first-order valence-electron chi connectivity index (χ1n) is 8.88. The van der Waals surface area contributed by atoms with Gasteiger partial charge in [-0.15, -0.1) is 0 Å². The fourth-order valence-corrected chi connectivity index (χ4v) is 4.93. The van der Waals surface area contributed by atoms with Gasteiger partial charge in [0, 0.05) is 5.56 Å². The van der Waals surface area contributed by atoms with Crippen LogP contribution in [0.2, 0.25) is 0 Å². The number of carbonyl (C=O) groups excluding carboxylic acids is 2. The van der Waals surface area contributed by atoms with Gasteiger partial charge in [-0.05, 0) is 50.4 Å². The summed E-state index contributed by atoms with van der Waals surface area (Å²) in [4.78, 5) is 25.6. The van der Waals surface area contributed by atoms with Crippen molar-refractivity contribution >= 4 is 17.4 Å². The van der Waals surface area contributed by atoms with Crippen molar-refractivity contribution in [3.63, 3.8) is 0 Å². The summed E-state index contributed by atoms with van der Waals surface area (Å²) in [6, 6.07) is 9.12. The second-order valence-corrected chi connectivity index (χ2v) is 7.90. The monoisotopic (exact) mass is 324 g/mol. The smallest absolute Gasteiger partial charge is 0.255 e. The quantitative estimate of drug-likeness (QED) is 0.797. The van der Waals surface area contributed by atoms with Gasteiger partial charge in [0.25, 0.3) is 5.91 Å². The van der Waals surface area contributed by atoms with Crippen LogP contribution in [0.25, 0.3) is 0 Å². The van der Waals surface area contributed by atoms with Crippen molar-refractivity contribution in [3.8, 4) is 0 Å². The summed E-state index contributed by atoms with van der Waals surface area (Å²) in [5, 5.41) is 5.89. The third kappa shape index (κ3) is 2.15. The number of hydrogen-bond acceptors (Lipinski definition) is 3. The van der Waals surface area contributed by atoms with E-state index in [1.807, 2.05) is 32.0 Å². The summed E-state index contributed by atoms with van der Waals surface area (Å²) >= 11 is 0. The topological polar surface area (TPSA) is 49.7 Å². The minimum Gasteiger partial charge on any atom is -0.292 e. The van der Waals surface area contributed by atoms with Gasteiger partial charge in [-0.1, -0.05) is 37.3 Å². The predicted molar refractivity (Wildman–Crippen MR) is 92.6 cm³/mol. The van der Waals surface area contributed by atoms with Crippen molar-refractivity contribution in [1.29, 1.82) is 0 Å². The Morgan fingerprint density at radius 1 is 1.29 bits per heavy atom. The Hall–Kier alpha value is -1.97. The van der Waals surface area contributed by atoms with Gasteiger partial charge >= 0.3 is 0 Å². The van der Waals surface area contributed by atoms with Crippen molar-refractivity contribution in [1.82, 2.24) is 5.01 Å². The molecule has 1 amide bonds. The molecule has 2 aliphatic carbocycles. The average molecular weight is 324 g/mol. The second-order valence-electron chi connectivity index (χ2n) is 7.90. The third-order valence-corrected chi connectivity index (χ3v) is 6.68. The van der Waals surface area contributed by atoms with E-state index < -0.39 is 5.41 Å². The highest BCUT2D eigenvalue weighted by atomic mass is 16.2. The molecule has 0 radical (unpaired) electrons. The van der Waals surface area contributed by atoms with Crippen LogP contribution >= 0.6 is 0 Å². The molecule has 5 atom stereocenters. The number of hydrazone groups is 1. The highest BCUT2D eigenvalue weighted by Gasteiger charge is 2.61. The molecule has 1 heterocycles. The van der Waals surface area contributed by atoms with E-state index >= 15 is 0 Å². The molecular weight excluding hydrogens is 300 g/mol. The largest absolute Gasteiger partial charge is 0.292 e. The maximum atomic E-state index is 13.1. The van der Waals surface area contributed by atoms with Crippen LogP contribution in [0.4, 0.5) is 0 Å². The van der Waals surface area contributed by atoms with E-state index in [0.717, 1.165) is 24.0 Å². The van der Waals surface area contributed by atoms with Gasteiger partial charge in [-0.3, -0.25) is 9.59 Å². The highest BCUT2D eigenvalue weighted by molar-refractivity contribution is 6.12. The third-order valence-electron chi connectivity index (χ3n) is 6.68. The van der Waals surface area contributed by atoms with Crippen molar-refractivity contribution in [3.05, 3.63) is 35.9 Å². The van der Waals surface area contributed by atoms with Gasteiger partial charge in [0.15, 0.2) is 5.78 Å². The van der Waals surface area contributed by atoms with Crippen LogP contribution in [0.1, 0.15) is 44.0 Å². The molecule has 0 bridgehead atoms. The molecule has 0 N–H and O–H groups in total. The Kier molecular flexibility index (Phi) is 3.41. The lowest BCUT2D eigenvalue weighted by Crippen LogP contribution is -2.45. The maximum absolute atomic E-state index is 13.1. The van der Waals surface area contributed by atoms with E-state index in [2.05, 4.69) is 12.0 Å². The number of ketones is 1. The number of fused-ring (bicyclic) bond motifs is 1. The van der Waals surface area contributed by atoms with Gasteiger partial charge < -0.3 is 0 Å². The zero-order valence-corrected chi connectivity index (χ0v) is 14.5. The van der Waals surface area contributed by atoms with Crippen LogP contribution in [0.3, 0.4) is 0 Å². The van der Waals surface area contributed by atoms with E-state index in [1.54, 1.807) is 12.1 Å². The number of benzene rings is 1. The summed E-state index contributed by atoms with van der Waals surface area (Å²) < 4.78 is 0. The van der Waals surface area contributed by atoms with Crippen LogP contribution in [0.5, 0.6) is 0 Å². The molecule has 1 aromatic carbocycles. The van der Waals surface area contributed by atoms with E-state index in [1.165, 1.54) is 11.4 Å². The number of hydrogen-bond donors (Lipinski definition) is 0. The van der Waals surface area contributed by atoms with Crippen molar-refractivity contribution < 1.29 is 9.59 Å². The second kappa shape index (κ2) is 5.27. The number of rotatable bonds is 4. The minimum absolute atomic E-state index is 0.00225. The molecule has 2 unspecified atom stereocenters. The lowest BCUT2D eigenvalue weighted by molar-refractivity contribution is -0.138. The number of carbonyl (C=O) groups is 2. The van der Waals surface area contributed by atoms with E-state index in [9.17, 15) is 9.59 Å². The molecule has 24 heavy (non-hydrogen) atoms. The van der Waals surface area contributed by atoms with E-state index in [0.29, 0.717) is 17.4 Å². The van der Waals surface area contributed by atoms with Crippen molar-refractivity contribution in [2.45, 2.75) is 33.6 Å². The first-order chi connectivity index (χ1) is 11.4. The summed E-state index contributed by atoms with van der Waals surface area (Å²) in [5.41, 5.74) is 0.956. The molecule has 3 aliphatic rings. The molecule has 2 fully saturated rings. The van der Waals surface area contributed by atoms with Gasteiger partial charge in [0.2, 0.25) is 0 Å².